The molecule has 2 heteroatoms. The molecule has 0 amide bonds. The van der Waals surface area contributed by atoms with Crippen LogP contribution in [-0.2, 0) is 0 Å². The molecule has 1 heterocycles. The first-order chi connectivity index (χ1) is 6.96. The number of hydrogen-bond acceptors (Lipinski definition) is 2. The molecule has 1 saturated heterocycles. The maximum absolute atomic E-state index is 8.99. The van der Waals surface area contributed by atoms with Gasteiger partial charge < -0.3 is 0 Å². The third-order valence-electron chi connectivity index (χ3n) is 3.67. The van der Waals surface area contributed by atoms with E-state index < -0.39 is 0 Å². The summed E-state index contributed by atoms with van der Waals surface area (Å²) in [6, 6.07) is 3.78. The van der Waals surface area contributed by atoms with Gasteiger partial charge >= 0.3 is 0 Å². The van der Waals surface area contributed by atoms with Gasteiger partial charge in [0.2, 0.25) is 0 Å². The maximum atomic E-state index is 8.99. The molecule has 2 nitrogen and oxygen atoms in total. The summed E-state index contributed by atoms with van der Waals surface area (Å²) in [6.07, 6.45) is 4.98. The van der Waals surface area contributed by atoms with Crippen molar-refractivity contribution in [2.45, 2.75) is 65.5 Å². The molecule has 1 fully saturated rings. The summed E-state index contributed by atoms with van der Waals surface area (Å²) >= 11 is 0. The van der Waals surface area contributed by atoms with Gasteiger partial charge in [-0.1, -0.05) is 6.42 Å². The standard InChI is InChI=1S/C13H24N2/c1-11-6-5-7-12(2)15(11)9-8-13(3,4)10-14/h11-12H,5-9H2,1-4H3/t11-,12+. The van der Waals surface area contributed by atoms with Crippen LogP contribution < -0.4 is 0 Å². The van der Waals surface area contributed by atoms with Crippen LogP contribution in [0.2, 0.25) is 0 Å². The van der Waals surface area contributed by atoms with E-state index in [-0.39, 0.29) is 5.41 Å². The molecule has 0 spiro atoms. The van der Waals surface area contributed by atoms with Crippen molar-refractivity contribution in [3.8, 4) is 6.07 Å². The van der Waals surface area contributed by atoms with Crippen LogP contribution in [0.25, 0.3) is 0 Å². The Bertz CT molecular complexity index is 229. The molecule has 15 heavy (non-hydrogen) atoms. The molecule has 86 valence electrons. The minimum atomic E-state index is -0.170. The lowest BCUT2D eigenvalue weighted by Gasteiger charge is -2.40. The highest BCUT2D eigenvalue weighted by molar-refractivity contribution is 4.93. The number of likely N-dealkylation sites (tertiary alicyclic amines) is 1. The fraction of sp³-hybridized carbons (Fsp3) is 0.923. The molecule has 0 unspecified atom stereocenters. The Hall–Kier alpha value is -0.550. The Morgan fingerprint density at radius 3 is 2.27 bits per heavy atom. The van der Waals surface area contributed by atoms with Crippen LogP contribution in [0.3, 0.4) is 0 Å². The summed E-state index contributed by atoms with van der Waals surface area (Å²) in [6.45, 7) is 9.77. The van der Waals surface area contributed by atoms with Gasteiger partial charge in [0, 0.05) is 18.6 Å². The predicted octanol–water partition coefficient (Wildman–Crippen LogP) is 3.19. The first-order valence-corrected chi connectivity index (χ1v) is 6.13. The van der Waals surface area contributed by atoms with Crippen LogP contribution in [-0.4, -0.2) is 23.5 Å². The van der Waals surface area contributed by atoms with Gasteiger partial charge in [-0.3, -0.25) is 4.90 Å². The zero-order valence-electron chi connectivity index (χ0n) is 10.6. The summed E-state index contributed by atoms with van der Waals surface area (Å²) in [7, 11) is 0. The van der Waals surface area contributed by atoms with Gasteiger partial charge in [-0.25, -0.2) is 0 Å². The van der Waals surface area contributed by atoms with Crippen LogP contribution in [0.1, 0.15) is 53.4 Å². The zero-order chi connectivity index (χ0) is 11.5. The minimum Gasteiger partial charge on any atom is -0.298 e. The van der Waals surface area contributed by atoms with Crippen molar-refractivity contribution in [1.29, 1.82) is 5.26 Å². The van der Waals surface area contributed by atoms with E-state index in [0.29, 0.717) is 12.1 Å². The topological polar surface area (TPSA) is 27.0 Å². The largest absolute Gasteiger partial charge is 0.298 e. The molecule has 0 bridgehead atoms. The second-order valence-corrected chi connectivity index (χ2v) is 5.61. The molecule has 1 aliphatic rings. The Labute approximate surface area is 94.3 Å². The molecule has 0 N–H and O–H groups in total. The molecule has 0 saturated carbocycles. The van der Waals surface area contributed by atoms with Crippen molar-refractivity contribution in [3.05, 3.63) is 0 Å². The molecule has 2 atom stereocenters. The van der Waals surface area contributed by atoms with E-state index in [1.165, 1.54) is 19.3 Å². The third kappa shape index (κ3) is 3.50. The molecular formula is C13H24N2. The lowest BCUT2D eigenvalue weighted by Crippen LogP contribution is -2.44. The van der Waals surface area contributed by atoms with Crippen molar-refractivity contribution in [3.63, 3.8) is 0 Å². The minimum absolute atomic E-state index is 0.170. The number of nitrogens with zero attached hydrogens (tertiary/aromatic N) is 2. The zero-order valence-corrected chi connectivity index (χ0v) is 10.6. The van der Waals surface area contributed by atoms with E-state index in [0.717, 1.165) is 13.0 Å². The molecular weight excluding hydrogens is 184 g/mol. The van der Waals surface area contributed by atoms with Gasteiger partial charge in [0.1, 0.15) is 0 Å². The lowest BCUT2D eigenvalue weighted by atomic mass is 9.89. The number of rotatable bonds is 3. The molecule has 0 aromatic heterocycles. The van der Waals surface area contributed by atoms with Gasteiger partial charge in [0.05, 0.1) is 11.5 Å². The summed E-state index contributed by atoms with van der Waals surface area (Å²) < 4.78 is 0. The van der Waals surface area contributed by atoms with E-state index in [1.54, 1.807) is 0 Å². The third-order valence-corrected chi connectivity index (χ3v) is 3.67. The van der Waals surface area contributed by atoms with E-state index in [2.05, 4.69) is 24.8 Å². The monoisotopic (exact) mass is 208 g/mol. The fourth-order valence-electron chi connectivity index (χ4n) is 2.38. The summed E-state index contributed by atoms with van der Waals surface area (Å²) in [5.41, 5.74) is -0.170. The Morgan fingerprint density at radius 2 is 1.80 bits per heavy atom. The van der Waals surface area contributed by atoms with Crippen molar-refractivity contribution in [2.75, 3.05) is 6.54 Å². The Balaban J connectivity index is 2.46. The van der Waals surface area contributed by atoms with Crippen LogP contribution >= 0.6 is 0 Å². The van der Waals surface area contributed by atoms with Gasteiger partial charge in [0.25, 0.3) is 0 Å². The van der Waals surface area contributed by atoms with E-state index in [9.17, 15) is 0 Å². The number of piperidine rings is 1. The second-order valence-electron chi connectivity index (χ2n) is 5.61. The van der Waals surface area contributed by atoms with Gasteiger partial charge in [-0.05, 0) is 47.0 Å². The highest BCUT2D eigenvalue weighted by Crippen LogP contribution is 2.26. The maximum Gasteiger partial charge on any atom is 0.0684 e. The highest BCUT2D eigenvalue weighted by Gasteiger charge is 2.26. The molecule has 1 rings (SSSR count). The molecule has 0 aromatic rings. The average molecular weight is 208 g/mol. The Morgan fingerprint density at radius 1 is 1.27 bits per heavy atom. The van der Waals surface area contributed by atoms with Crippen molar-refractivity contribution >= 4 is 0 Å². The first-order valence-electron chi connectivity index (χ1n) is 6.13. The van der Waals surface area contributed by atoms with E-state index in [1.807, 2.05) is 13.8 Å². The van der Waals surface area contributed by atoms with Crippen molar-refractivity contribution in [1.82, 2.24) is 4.90 Å². The predicted molar refractivity (Wildman–Crippen MR) is 63.5 cm³/mol. The number of hydrogen-bond donors (Lipinski definition) is 0. The van der Waals surface area contributed by atoms with Gasteiger partial charge in [0.15, 0.2) is 0 Å². The van der Waals surface area contributed by atoms with Crippen molar-refractivity contribution < 1.29 is 0 Å². The quantitative estimate of drug-likeness (QED) is 0.712. The molecule has 0 aliphatic carbocycles. The normalized spacial score (nSPS) is 28.7. The molecule has 0 aromatic carbocycles. The number of nitriles is 1. The summed E-state index contributed by atoms with van der Waals surface area (Å²) in [5, 5.41) is 8.99. The van der Waals surface area contributed by atoms with Crippen LogP contribution in [0.5, 0.6) is 0 Å². The second kappa shape index (κ2) is 4.99. The lowest BCUT2D eigenvalue weighted by molar-refractivity contribution is 0.0932. The Kier molecular flexibility index (Phi) is 4.16. The fourth-order valence-corrected chi connectivity index (χ4v) is 2.38. The SMILES string of the molecule is C[C@@H]1CCC[C@H](C)N1CCC(C)(C)C#N. The average Bonchev–Trinajstić information content (AvgIpc) is 2.17. The van der Waals surface area contributed by atoms with Crippen LogP contribution in [0, 0.1) is 16.7 Å². The first kappa shape index (κ1) is 12.5. The smallest absolute Gasteiger partial charge is 0.0684 e. The summed E-state index contributed by atoms with van der Waals surface area (Å²) in [4.78, 5) is 2.57. The molecule has 0 radical (unpaired) electrons. The van der Waals surface area contributed by atoms with E-state index >= 15 is 0 Å². The van der Waals surface area contributed by atoms with E-state index in [4.69, 9.17) is 5.26 Å². The molecule has 1 aliphatic heterocycles. The van der Waals surface area contributed by atoms with Gasteiger partial charge in [-0.15, -0.1) is 0 Å². The van der Waals surface area contributed by atoms with Crippen molar-refractivity contribution in [2.24, 2.45) is 5.41 Å². The highest BCUT2D eigenvalue weighted by atomic mass is 15.2. The van der Waals surface area contributed by atoms with Crippen LogP contribution in [0.15, 0.2) is 0 Å². The van der Waals surface area contributed by atoms with Crippen LogP contribution in [0.4, 0.5) is 0 Å². The summed E-state index contributed by atoms with van der Waals surface area (Å²) in [5.74, 6) is 0. The van der Waals surface area contributed by atoms with Gasteiger partial charge in [-0.2, -0.15) is 5.26 Å².